The predicted octanol–water partition coefficient (Wildman–Crippen LogP) is 2.12. The van der Waals surface area contributed by atoms with Crippen molar-refractivity contribution in [1.82, 2.24) is 0 Å². The molecule has 2 aliphatic carbocycles. The number of aliphatic hydroxyl groups excluding tert-OH is 1. The molecule has 3 nitrogen and oxygen atoms in total. The van der Waals surface area contributed by atoms with Crippen LogP contribution in [0.3, 0.4) is 0 Å². The first-order valence-corrected chi connectivity index (χ1v) is 6.58. The molecule has 0 saturated heterocycles. The second-order valence-corrected chi connectivity index (χ2v) is 5.25. The van der Waals surface area contributed by atoms with E-state index in [1.165, 1.54) is 19.3 Å². The van der Waals surface area contributed by atoms with Gasteiger partial charge in [-0.05, 0) is 19.3 Å². The molecule has 2 unspecified atom stereocenters. The van der Waals surface area contributed by atoms with Crippen molar-refractivity contribution in [2.75, 3.05) is 20.3 Å². The molecule has 16 heavy (non-hydrogen) atoms. The van der Waals surface area contributed by atoms with Gasteiger partial charge in [-0.15, -0.1) is 0 Å². The molecule has 0 aromatic heterocycles. The minimum atomic E-state index is -0.111. The summed E-state index contributed by atoms with van der Waals surface area (Å²) in [5, 5.41) is 9.99. The van der Waals surface area contributed by atoms with Crippen LogP contribution in [-0.2, 0) is 9.47 Å². The second-order valence-electron chi connectivity index (χ2n) is 5.25. The minimum absolute atomic E-state index is 0.111. The van der Waals surface area contributed by atoms with Crippen molar-refractivity contribution >= 4 is 0 Å². The predicted molar refractivity (Wildman–Crippen MR) is 62.4 cm³/mol. The molecule has 0 heterocycles. The molecule has 2 rings (SSSR count). The zero-order valence-electron chi connectivity index (χ0n) is 10.3. The average Bonchev–Trinajstić information content (AvgIpc) is 2.34. The van der Waals surface area contributed by atoms with E-state index in [2.05, 4.69) is 0 Å². The van der Waals surface area contributed by atoms with Crippen LogP contribution in [0.1, 0.15) is 44.9 Å². The van der Waals surface area contributed by atoms with E-state index in [-0.39, 0.29) is 11.5 Å². The number of rotatable bonds is 5. The standard InChI is InChI=1S/C13H24O3/c1-15-8-5-9-16-12-10-11(14)13(12)6-3-2-4-7-13/h11-12,14H,2-10H2,1H3. The third-order valence-electron chi connectivity index (χ3n) is 4.34. The van der Waals surface area contributed by atoms with Crippen molar-refractivity contribution in [3.8, 4) is 0 Å². The summed E-state index contributed by atoms with van der Waals surface area (Å²) >= 11 is 0. The summed E-state index contributed by atoms with van der Waals surface area (Å²) in [6, 6.07) is 0. The van der Waals surface area contributed by atoms with Crippen LogP contribution in [0, 0.1) is 5.41 Å². The van der Waals surface area contributed by atoms with Crippen molar-refractivity contribution in [2.45, 2.75) is 57.2 Å². The number of methoxy groups -OCH3 is 1. The molecular weight excluding hydrogens is 204 g/mol. The molecule has 2 atom stereocenters. The Labute approximate surface area is 98.1 Å². The zero-order chi connectivity index (χ0) is 11.4. The van der Waals surface area contributed by atoms with E-state index < -0.39 is 0 Å². The normalized spacial score (nSPS) is 32.6. The van der Waals surface area contributed by atoms with Crippen LogP contribution < -0.4 is 0 Å². The van der Waals surface area contributed by atoms with Crippen LogP contribution >= 0.6 is 0 Å². The summed E-state index contributed by atoms with van der Waals surface area (Å²) in [7, 11) is 1.72. The van der Waals surface area contributed by atoms with Gasteiger partial charge in [0.1, 0.15) is 0 Å². The first kappa shape index (κ1) is 12.3. The molecule has 94 valence electrons. The van der Waals surface area contributed by atoms with Crippen molar-refractivity contribution < 1.29 is 14.6 Å². The van der Waals surface area contributed by atoms with Gasteiger partial charge in [0.2, 0.25) is 0 Å². The molecular formula is C13H24O3. The van der Waals surface area contributed by atoms with E-state index in [1.54, 1.807) is 7.11 Å². The van der Waals surface area contributed by atoms with Crippen LogP contribution in [0.2, 0.25) is 0 Å². The monoisotopic (exact) mass is 228 g/mol. The molecule has 3 heteroatoms. The van der Waals surface area contributed by atoms with Gasteiger partial charge in [0, 0.05) is 32.2 Å². The minimum Gasteiger partial charge on any atom is -0.392 e. The molecule has 0 radical (unpaired) electrons. The summed E-state index contributed by atoms with van der Waals surface area (Å²) in [4.78, 5) is 0. The Kier molecular flexibility index (Phi) is 4.22. The lowest BCUT2D eigenvalue weighted by molar-refractivity contribution is -0.206. The fraction of sp³-hybridized carbons (Fsp3) is 1.00. The van der Waals surface area contributed by atoms with Gasteiger partial charge in [0.25, 0.3) is 0 Å². The molecule has 0 bridgehead atoms. The Balaban J connectivity index is 1.77. The molecule has 0 aromatic carbocycles. The molecule has 0 aliphatic heterocycles. The lowest BCUT2D eigenvalue weighted by atomic mass is 9.56. The van der Waals surface area contributed by atoms with E-state index in [9.17, 15) is 5.11 Å². The van der Waals surface area contributed by atoms with Gasteiger partial charge in [0.15, 0.2) is 0 Å². The van der Waals surface area contributed by atoms with E-state index in [0.29, 0.717) is 6.10 Å². The molecule has 2 saturated carbocycles. The van der Waals surface area contributed by atoms with E-state index >= 15 is 0 Å². The molecule has 2 fully saturated rings. The summed E-state index contributed by atoms with van der Waals surface area (Å²) in [5.74, 6) is 0. The Morgan fingerprint density at radius 2 is 1.94 bits per heavy atom. The lowest BCUT2D eigenvalue weighted by Crippen LogP contribution is -2.59. The van der Waals surface area contributed by atoms with Crippen molar-refractivity contribution in [3.05, 3.63) is 0 Å². The molecule has 1 N–H and O–H groups in total. The average molecular weight is 228 g/mol. The summed E-state index contributed by atoms with van der Waals surface area (Å²) < 4.78 is 10.9. The molecule has 1 spiro atoms. The quantitative estimate of drug-likeness (QED) is 0.733. The Hall–Kier alpha value is -0.120. The largest absolute Gasteiger partial charge is 0.392 e. The maximum Gasteiger partial charge on any atom is 0.0680 e. The van der Waals surface area contributed by atoms with Gasteiger partial charge in [-0.3, -0.25) is 0 Å². The maximum atomic E-state index is 9.99. The van der Waals surface area contributed by atoms with Crippen LogP contribution in [-0.4, -0.2) is 37.6 Å². The fourth-order valence-corrected chi connectivity index (χ4v) is 3.25. The highest BCUT2D eigenvalue weighted by atomic mass is 16.5. The maximum absolute atomic E-state index is 9.99. The third-order valence-corrected chi connectivity index (χ3v) is 4.34. The lowest BCUT2D eigenvalue weighted by Gasteiger charge is -2.55. The molecule has 2 aliphatic rings. The Morgan fingerprint density at radius 3 is 2.56 bits per heavy atom. The Bertz CT molecular complexity index is 211. The van der Waals surface area contributed by atoms with Gasteiger partial charge >= 0.3 is 0 Å². The van der Waals surface area contributed by atoms with Crippen LogP contribution in [0.15, 0.2) is 0 Å². The van der Waals surface area contributed by atoms with Gasteiger partial charge in [-0.2, -0.15) is 0 Å². The van der Waals surface area contributed by atoms with E-state index in [1.807, 2.05) is 0 Å². The van der Waals surface area contributed by atoms with Gasteiger partial charge in [-0.25, -0.2) is 0 Å². The Morgan fingerprint density at radius 1 is 1.19 bits per heavy atom. The number of aliphatic hydroxyl groups is 1. The van der Waals surface area contributed by atoms with Gasteiger partial charge in [0.05, 0.1) is 12.2 Å². The van der Waals surface area contributed by atoms with Crippen molar-refractivity contribution in [3.63, 3.8) is 0 Å². The van der Waals surface area contributed by atoms with E-state index in [4.69, 9.17) is 9.47 Å². The SMILES string of the molecule is COCCCOC1CC(O)C12CCCCC2. The topological polar surface area (TPSA) is 38.7 Å². The van der Waals surface area contributed by atoms with Gasteiger partial charge < -0.3 is 14.6 Å². The van der Waals surface area contributed by atoms with Crippen molar-refractivity contribution in [2.24, 2.45) is 5.41 Å². The smallest absolute Gasteiger partial charge is 0.0680 e. The summed E-state index contributed by atoms with van der Waals surface area (Å²) in [6.45, 7) is 1.54. The summed E-state index contributed by atoms with van der Waals surface area (Å²) in [6.07, 6.45) is 8.15. The molecule has 0 amide bonds. The highest BCUT2D eigenvalue weighted by Gasteiger charge is 2.54. The van der Waals surface area contributed by atoms with Crippen LogP contribution in [0.25, 0.3) is 0 Å². The highest BCUT2D eigenvalue weighted by Crippen LogP contribution is 2.53. The van der Waals surface area contributed by atoms with Crippen LogP contribution in [0.5, 0.6) is 0 Å². The second kappa shape index (κ2) is 5.48. The first-order chi connectivity index (χ1) is 7.79. The third kappa shape index (κ3) is 2.27. The van der Waals surface area contributed by atoms with E-state index in [0.717, 1.165) is 38.9 Å². The van der Waals surface area contributed by atoms with Crippen LogP contribution in [0.4, 0.5) is 0 Å². The number of ether oxygens (including phenoxy) is 2. The van der Waals surface area contributed by atoms with Crippen molar-refractivity contribution in [1.29, 1.82) is 0 Å². The zero-order valence-corrected chi connectivity index (χ0v) is 10.3. The number of hydrogen-bond acceptors (Lipinski definition) is 3. The molecule has 0 aromatic rings. The highest BCUT2D eigenvalue weighted by molar-refractivity contribution is 5.05. The first-order valence-electron chi connectivity index (χ1n) is 6.58. The van der Waals surface area contributed by atoms with Gasteiger partial charge in [-0.1, -0.05) is 19.3 Å². The summed E-state index contributed by atoms with van der Waals surface area (Å²) in [5.41, 5.74) is 0.116. The fourth-order valence-electron chi connectivity index (χ4n) is 3.25. The number of hydrogen-bond donors (Lipinski definition) is 1.